The van der Waals surface area contributed by atoms with Crippen molar-refractivity contribution in [1.29, 1.82) is 0 Å². The largest absolute Gasteiger partial charge is 0.348 e. The van der Waals surface area contributed by atoms with Crippen LogP contribution in [0.25, 0.3) is 0 Å². The first-order valence-electron chi connectivity index (χ1n) is 7.50. The van der Waals surface area contributed by atoms with Crippen LogP contribution < -0.4 is 10.6 Å². The molecule has 1 amide bonds. The maximum absolute atomic E-state index is 12.1. The molecule has 0 aliphatic rings. The van der Waals surface area contributed by atoms with E-state index in [0.717, 1.165) is 15.6 Å². The average Bonchev–Trinajstić information content (AvgIpc) is 2.53. The fourth-order valence-corrected chi connectivity index (χ4v) is 3.07. The molecule has 0 aliphatic carbocycles. The van der Waals surface area contributed by atoms with Gasteiger partial charge in [0.05, 0.1) is 12.6 Å². The van der Waals surface area contributed by atoms with Crippen LogP contribution in [0.3, 0.4) is 0 Å². The Balaban J connectivity index is 1.85. The van der Waals surface area contributed by atoms with Gasteiger partial charge in [-0.05, 0) is 43.2 Å². The van der Waals surface area contributed by atoms with E-state index in [9.17, 15) is 4.79 Å². The van der Waals surface area contributed by atoms with Crippen molar-refractivity contribution in [1.82, 2.24) is 10.6 Å². The van der Waals surface area contributed by atoms with E-state index in [1.165, 1.54) is 0 Å². The number of rotatable bonds is 6. The molecule has 2 aromatic carbocycles. The van der Waals surface area contributed by atoms with E-state index < -0.39 is 0 Å². The van der Waals surface area contributed by atoms with E-state index in [4.69, 9.17) is 11.6 Å². The molecule has 122 valence electrons. The van der Waals surface area contributed by atoms with Gasteiger partial charge in [0.15, 0.2) is 0 Å². The third-order valence-electron chi connectivity index (χ3n) is 3.69. The van der Waals surface area contributed by atoms with Crippen LogP contribution in [-0.2, 0) is 4.79 Å². The van der Waals surface area contributed by atoms with Crippen LogP contribution in [0.15, 0.2) is 53.0 Å². The Bertz CT molecular complexity index is 660. The van der Waals surface area contributed by atoms with Crippen LogP contribution in [0, 0.1) is 0 Å². The van der Waals surface area contributed by atoms with Gasteiger partial charge in [-0.25, -0.2) is 0 Å². The van der Waals surface area contributed by atoms with E-state index in [-0.39, 0.29) is 24.5 Å². The van der Waals surface area contributed by atoms with Crippen molar-refractivity contribution in [3.05, 3.63) is 69.2 Å². The van der Waals surface area contributed by atoms with Crippen molar-refractivity contribution in [2.45, 2.75) is 25.9 Å². The number of hydrogen-bond acceptors (Lipinski definition) is 2. The molecule has 0 fully saturated rings. The third kappa shape index (κ3) is 5.34. The Kier molecular flexibility index (Phi) is 6.63. The van der Waals surface area contributed by atoms with Gasteiger partial charge in [0.1, 0.15) is 0 Å². The van der Waals surface area contributed by atoms with Crippen molar-refractivity contribution < 1.29 is 4.79 Å². The molecule has 0 radical (unpaired) electrons. The molecule has 5 heteroatoms. The number of hydrogen-bond donors (Lipinski definition) is 2. The van der Waals surface area contributed by atoms with Crippen LogP contribution in [0.1, 0.15) is 37.1 Å². The fraction of sp³-hybridized carbons (Fsp3) is 0.278. The number of nitrogens with one attached hydrogen (secondary N) is 2. The molecular weight excluding hydrogens is 376 g/mol. The summed E-state index contributed by atoms with van der Waals surface area (Å²) in [7, 11) is 0. The summed E-state index contributed by atoms with van der Waals surface area (Å²) in [5.74, 6) is -0.0333. The quantitative estimate of drug-likeness (QED) is 0.748. The maximum atomic E-state index is 12.1. The summed E-state index contributed by atoms with van der Waals surface area (Å²) in [5, 5.41) is 6.93. The minimum atomic E-state index is -0.0503. The first-order valence-corrected chi connectivity index (χ1v) is 8.67. The third-order valence-corrected chi connectivity index (χ3v) is 4.66. The highest BCUT2D eigenvalue weighted by atomic mass is 79.9. The van der Waals surface area contributed by atoms with Gasteiger partial charge >= 0.3 is 0 Å². The molecule has 2 rings (SSSR count). The van der Waals surface area contributed by atoms with Crippen molar-refractivity contribution in [2.75, 3.05) is 6.54 Å². The van der Waals surface area contributed by atoms with Crippen LogP contribution in [0.2, 0.25) is 5.02 Å². The molecule has 0 saturated carbocycles. The summed E-state index contributed by atoms with van der Waals surface area (Å²) in [6.07, 6.45) is 0. The van der Waals surface area contributed by atoms with Crippen LogP contribution >= 0.6 is 27.5 Å². The number of carbonyl (C=O) groups is 1. The Morgan fingerprint density at radius 3 is 2.39 bits per heavy atom. The Morgan fingerprint density at radius 1 is 1.09 bits per heavy atom. The predicted octanol–water partition coefficient (Wildman–Crippen LogP) is 4.63. The first-order chi connectivity index (χ1) is 11.0. The van der Waals surface area contributed by atoms with Gasteiger partial charge in [-0.15, -0.1) is 0 Å². The van der Waals surface area contributed by atoms with Crippen molar-refractivity contribution >= 4 is 33.4 Å². The smallest absolute Gasteiger partial charge is 0.234 e. The Morgan fingerprint density at radius 2 is 1.74 bits per heavy atom. The van der Waals surface area contributed by atoms with E-state index in [1.807, 2.05) is 62.4 Å². The number of halogens is 2. The van der Waals surface area contributed by atoms with Crippen LogP contribution in [0.5, 0.6) is 0 Å². The molecule has 2 atom stereocenters. The lowest BCUT2D eigenvalue weighted by atomic mass is 10.1. The number of carbonyl (C=O) groups excluding carboxylic acids is 1. The Hall–Kier alpha value is -1.36. The van der Waals surface area contributed by atoms with Gasteiger partial charge < -0.3 is 10.6 Å². The summed E-state index contributed by atoms with van der Waals surface area (Å²) in [5.41, 5.74) is 2.16. The van der Waals surface area contributed by atoms with E-state index >= 15 is 0 Å². The lowest BCUT2D eigenvalue weighted by molar-refractivity contribution is -0.121. The second-order valence-corrected chi connectivity index (χ2v) is 6.76. The summed E-state index contributed by atoms with van der Waals surface area (Å²) in [4.78, 5) is 12.1. The molecule has 3 nitrogen and oxygen atoms in total. The van der Waals surface area contributed by atoms with Crippen molar-refractivity contribution in [2.24, 2.45) is 0 Å². The van der Waals surface area contributed by atoms with E-state index in [0.29, 0.717) is 5.02 Å². The Labute approximate surface area is 150 Å². The lowest BCUT2D eigenvalue weighted by Gasteiger charge is -2.18. The standard InChI is InChI=1S/C18H20BrClN2O/c1-12(14-7-9-15(20)10-8-14)21-11-18(23)22-13(2)16-5-3-4-6-17(16)19/h3-10,12-13,21H,11H2,1-2H3,(H,22,23)/t12-,13+/m0/s1. The zero-order chi connectivity index (χ0) is 16.8. The molecule has 0 aliphatic heterocycles. The lowest BCUT2D eigenvalue weighted by Crippen LogP contribution is -2.36. The molecule has 2 N–H and O–H groups in total. The highest BCUT2D eigenvalue weighted by Gasteiger charge is 2.13. The van der Waals surface area contributed by atoms with Crippen molar-refractivity contribution in [3.8, 4) is 0 Å². The average molecular weight is 396 g/mol. The fourth-order valence-electron chi connectivity index (χ4n) is 2.31. The molecule has 0 aromatic heterocycles. The summed E-state index contributed by atoms with van der Waals surface area (Å²) >= 11 is 9.39. The second kappa shape index (κ2) is 8.48. The van der Waals surface area contributed by atoms with Gasteiger partial charge in [-0.2, -0.15) is 0 Å². The minimum absolute atomic E-state index is 0.0333. The van der Waals surface area contributed by atoms with E-state index in [2.05, 4.69) is 26.6 Å². The first kappa shape index (κ1) is 18.0. The molecule has 2 aromatic rings. The van der Waals surface area contributed by atoms with Gasteiger partial charge in [0.25, 0.3) is 0 Å². The van der Waals surface area contributed by atoms with E-state index in [1.54, 1.807) is 0 Å². The second-order valence-electron chi connectivity index (χ2n) is 5.46. The maximum Gasteiger partial charge on any atom is 0.234 e. The van der Waals surface area contributed by atoms with Gasteiger partial charge in [-0.3, -0.25) is 4.79 Å². The van der Waals surface area contributed by atoms with Gasteiger partial charge in [0.2, 0.25) is 5.91 Å². The monoisotopic (exact) mass is 394 g/mol. The molecule has 0 heterocycles. The summed E-state index contributed by atoms with van der Waals surface area (Å²) in [6.45, 7) is 4.26. The van der Waals surface area contributed by atoms with Gasteiger partial charge in [0, 0.05) is 15.5 Å². The normalized spacial score (nSPS) is 13.4. The highest BCUT2D eigenvalue weighted by molar-refractivity contribution is 9.10. The molecule has 0 spiro atoms. The highest BCUT2D eigenvalue weighted by Crippen LogP contribution is 2.22. The molecule has 0 unspecified atom stereocenters. The zero-order valence-corrected chi connectivity index (χ0v) is 15.5. The molecule has 23 heavy (non-hydrogen) atoms. The molecule has 0 bridgehead atoms. The summed E-state index contributed by atoms with van der Waals surface area (Å²) in [6, 6.07) is 15.5. The molecule has 0 saturated heterocycles. The summed E-state index contributed by atoms with van der Waals surface area (Å²) < 4.78 is 0.996. The van der Waals surface area contributed by atoms with Gasteiger partial charge in [-0.1, -0.05) is 57.9 Å². The minimum Gasteiger partial charge on any atom is -0.348 e. The topological polar surface area (TPSA) is 41.1 Å². The SMILES string of the molecule is C[C@H](NCC(=O)N[C@H](C)c1ccccc1Br)c1ccc(Cl)cc1. The van der Waals surface area contributed by atoms with Crippen LogP contribution in [-0.4, -0.2) is 12.5 Å². The zero-order valence-electron chi connectivity index (χ0n) is 13.1. The van der Waals surface area contributed by atoms with Crippen LogP contribution in [0.4, 0.5) is 0 Å². The van der Waals surface area contributed by atoms with Crippen molar-refractivity contribution in [3.63, 3.8) is 0 Å². The predicted molar refractivity (Wildman–Crippen MR) is 98.6 cm³/mol. The number of amides is 1. The molecular formula is C18H20BrClN2O. The number of benzene rings is 2.